The minimum absolute atomic E-state index is 0.0673. The van der Waals surface area contributed by atoms with Crippen LogP contribution >= 0.6 is 0 Å². The number of H-pyrrole nitrogens is 2. The molecule has 2 aliphatic heterocycles. The van der Waals surface area contributed by atoms with Crippen LogP contribution in [-0.4, -0.2) is 65.4 Å². The van der Waals surface area contributed by atoms with Gasteiger partial charge in [0.15, 0.2) is 0 Å². The summed E-state index contributed by atoms with van der Waals surface area (Å²) in [6, 6.07) is 5.12. The molecule has 6 rings (SSSR count). The highest BCUT2D eigenvalue weighted by Gasteiger charge is 2.45. The summed E-state index contributed by atoms with van der Waals surface area (Å²) in [7, 11) is 0. The topological polar surface area (TPSA) is 122 Å². The van der Waals surface area contributed by atoms with E-state index in [9.17, 15) is 4.79 Å². The Kier molecular flexibility index (Phi) is 5.58. The Morgan fingerprint density at radius 2 is 1.89 bits per heavy atom. The van der Waals surface area contributed by atoms with Gasteiger partial charge in [0.25, 0.3) is 0 Å². The monoisotopic (exact) mass is 505 g/mol. The number of aromatic nitrogens is 6. The van der Waals surface area contributed by atoms with Gasteiger partial charge in [0.05, 0.1) is 23.6 Å². The minimum atomic E-state index is -0.522. The standard InChI is InChI=1S/C26H28FN7O3/c1-26(2,3)37-25(35)34-15-4-5-16(34)9-17(8-15)36-22-7-6-21(31-32-22)18-10-20(27)23(14-11-28-29-12-14)19-13-30-33-24(18)19/h6-7,10-13,15-17H,4-5,8-9H2,1-3H3,(H,28,29)(H,30,33). The highest BCUT2D eigenvalue weighted by Crippen LogP contribution is 2.39. The first-order chi connectivity index (χ1) is 17.8. The van der Waals surface area contributed by atoms with Gasteiger partial charge in [-0.15, -0.1) is 10.2 Å². The highest BCUT2D eigenvalue weighted by molar-refractivity contribution is 6.02. The Labute approximate surface area is 212 Å². The largest absolute Gasteiger partial charge is 0.473 e. The molecule has 192 valence electrons. The summed E-state index contributed by atoms with van der Waals surface area (Å²) in [5.74, 6) is -0.00476. The van der Waals surface area contributed by atoms with Gasteiger partial charge in [-0.3, -0.25) is 10.2 Å². The zero-order valence-electron chi connectivity index (χ0n) is 20.9. The molecule has 5 heterocycles. The Balaban J connectivity index is 1.18. The van der Waals surface area contributed by atoms with E-state index >= 15 is 4.39 Å². The van der Waals surface area contributed by atoms with Gasteiger partial charge < -0.3 is 14.4 Å². The summed E-state index contributed by atoms with van der Waals surface area (Å²) in [5.41, 5.74) is 2.25. The maximum Gasteiger partial charge on any atom is 0.410 e. The van der Waals surface area contributed by atoms with Crippen molar-refractivity contribution in [3.05, 3.63) is 42.6 Å². The average Bonchev–Trinajstić information content (AvgIpc) is 3.58. The van der Waals surface area contributed by atoms with Gasteiger partial charge in [-0.1, -0.05) is 0 Å². The molecule has 2 fully saturated rings. The van der Waals surface area contributed by atoms with E-state index in [1.165, 1.54) is 6.07 Å². The number of halogens is 1. The Hall–Kier alpha value is -4.02. The summed E-state index contributed by atoms with van der Waals surface area (Å²) in [5, 5.41) is 22.9. The van der Waals surface area contributed by atoms with Crippen LogP contribution < -0.4 is 4.74 Å². The summed E-state index contributed by atoms with van der Waals surface area (Å²) < 4.78 is 26.9. The number of piperidine rings is 1. The first-order valence-corrected chi connectivity index (χ1v) is 12.4. The fourth-order valence-electron chi connectivity index (χ4n) is 5.50. The number of benzene rings is 1. The Bertz CT molecular complexity index is 1420. The second kappa shape index (κ2) is 8.82. The van der Waals surface area contributed by atoms with Gasteiger partial charge in [0.1, 0.15) is 17.5 Å². The van der Waals surface area contributed by atoms with Crippen LogP contribution in [0.2, 0.25) is 0 Å². The first kappa shape index (κ1) is 23.4. The quantitative estimate of drug-likeness (QED) is 0.406. The number of nitrogens with zero attached hydrogens (tertiary/aromatic N) is 5. The van der Waals surface area contributed by atoms with Crippen LogP contribution in [0.15, 0.2) is 36.8 Å². The van der Waals surface area contributed by atoms with E-state index in [0.29, 0.717) is 52.0 Å². The van der Waals surface area contributed by atoms with Crippen LogP contribution in [0, 0.1) is 5.82 Å². The molecule has 0 aliphatic carbocycles. The number of carbonyl (C=O) groups is 1. The third-order valence-corrected chi connectivity index (χ3v) is 6.97. The smallest absolute Gasteiger partial charge is 0.410 e. The maximum atomic E-state index is 15.2. The fourth-order valence-corrected chi connectivity index (χ4v) is 5.50. The molecule has 3 aromatic heterocycles. The molecule has 2 N–H and O–H groups in total. The van der Waals surface area contributed by atoms with Crippen molar-refractivity contribution in [1.29, 1.82) is 0 Å². The molecular weight excluding hydrogens is 477 g/mol. The molecule has 2 saturated heterocycles. The molecule has 2 bridgehead atoms. The lowest BCUT2D eigenvalue weighted by molar-refractivity contribution is -0.00771. The van der Waals surface area contributed by atoms with Crippen molar-refractivity contribution < 1.29 is 18.7 Å². The number of hydrogen-bond donors (Lipinski definition) is 2. The summed E-state index contributed by atoms with van der Waals surface area (Å²) in [6.07, 6.45) is 7.79. The predicted octanol–water partition coefficient (Wildman–Crippen LogP) is 4.86. The maximum absolute atomic E-state index is 15.2. The summed E-state index contributed by atoms with van der Waals surface area (Å²) in [4.78, 5) is 14.6. The number of carbonyl (C=O) groups excluding carboxylic acids is 1. The van der Waals surface area contributed by atoms with Gasteiger partial charge >= 0.3 is 6.09 Å². The molecule has 4 aromatic rings. The van der Waals surface area contributed by atoms with Crippen LogP contribution in [-0.2, 0) is 4.74 Å². The molecule has 1 amide bonds. The van der Waals surface area contributed by atoms with Gasteiger partial charge in [-0.2, -0.15) is 10.2 Å². The normalized spacial score (nSPS) is 21.4. The third kappa shape index (κ3) is 4.38. The van der Waals surface area contributed by atoms with Crippen LogP contribution in [0.5, 0.6) is 5.88 Å². The molecule has 0 saturated carbocycles. The van der Waals surface area contributed by atoms with Crippen LogP contribution in [0.25, 0.3) is 33.3 Å². The first-order valence-electron chi connectivity index (χ1n) is 12.4. The van der Waals surface area contributed by atoms with Crippen molar-refractivity contribution in [3.63, 3.8) is 0 Å². The van der Waals surface area contributed by atoms with Crippen molar-refractivity contribution in [2.75, 3.05) is 0 Å². The molecule has 0 spiro atoms. The van der Waals surface area contributed by atoms with Crippen molar-refractivity contribution in [2.24, 2.45) is 0 Å². The summed E-state index contributed by atoms with van der Waals surface area (Å²) >= 11 is 0. The third-order valence-electron chi connectivity index (χ3n) is 6.97. The van der Waals surface area contributed by atoms with Gasteiger partial charge in [-0.05, 0) is 45.7 Å². The van der Waals surface area contributed by atoms with E-state index < -0.39 is 11.4 Å². The minimum Gasteiger partial charge on any atom is -0.473 e. The number of fused-ring (bicyclic) bond motifs is 3. The average molecular weight is 506 g/mol. The van der Waals surface area contributed by atoms with Crippen LogP contribution in [0.1, 0.15) is 46.5 Å². The molecular formula is C26H28FN7O3. The lowest BCUT2D eigenvalue weighted by atomic mass is 9.99. The molecule has 11 heteroatoms. The molecule has 1 aromatic carbocycles. The molecule has 2 unspecified atom stereocenters. The van der Waals surface area contributed by atoms with Crippen molar-refractivity contribution >= 4 is 17.0 Å². The van der Waals surface area contributed by atoms with Crippen molar-refractivity contribution in [3.8, 4) is 28.3 Å². The number of ether oxygens (including phenoxy) is 2. The van der Waals surface area contributed by atoms with Gasteiger partial charge in [-0.25, -0.2) is 9.18 Å². The number of nitrogens with one attached hydrogen (secondary N) is 2. The number of rotatable bonds is 4. The van der Waals surface area contributed by atoms with Gasteiger partial charge in [0.2, 0.25) is 5.88 Å². The number of hydrogen-bond acceptors (Lipinski definition) is 7. The Morgan fingerprint density at radius 3 is 2.54 bits per heavy atom. The van der Waals surface area contributed by atoms with Crippen molar-refractivity contribution in [1.82, 2.24) is 35.5 Å². The van der Waals surface area contributed by atoms with E-state index in [1.54, 1.807) is 30.7 Å². The van der Waals surface area contributed by atoms with E-state index in [4.69, 9.17) is 9.47 Å². The number of amides is 1. The van der Waals surface area contributed by atoms with E-state index in [-0.39, 0.29) is 24.3 Å². The lowest BCUT2D eigenvalue weighted by Crippen LogP contribution is -2.50. The van der Waals surface area contributed by atoms with Crippen LogP contribution in [0.4, 0.5) is 9.18 Å². The van der Waals surface area contributed by atoms with E-state index in [1.807, 2.05) is 25.7 Å². The Morgan fingerprint density at radius 1 is 1.11 bits per heavy atom. The zero-order valence-corrected chi connectivity index (χ0v) is 20.9. The van der Waals surface area contributed by atoms with Crippen LogP contribution in [0.3, 0.4) is 0 Å². The summed E-state index contributed by atoms with van der Waals surface area (Å²) in [6.45, 7) is 5.64. The molecule has 10 nitrogen and oxygen atoms in total. The second-order valence-corrected chi connectivity index (χ2v) is 10.7. The predicted molar refractivity (Wildman–Crippen MR) is 133 cm³/mol. The van der Waals surface area contributed by atoms with Gasteiger partial charge in [0, 0.05) is 59.3 Å². The molecule has 0 radical (unpaired) electrons. The van der Waals surface area contributed by atoms with E-state index in [2.05, 4.69) is 30.6 Å². The molecule has 2 aliphatic rings. The molecule has 2 atom stereocenters. The van der Waals surface area contributed by atoms with Crippen molar-refractivity contribution in [2.45, 2.75) is 70.2 Å². The lowest BCUT2D eigenvalue weighted by Gasteiger charge is -2.39. The van der Waals surface area contributed by atoms with E-state index in [0.717, 1.165) is 12.8 Å². The second-order valence-electron chi connectivity index (χ2n) is 10.7. The highest BCUT2D eigenvalue weighted by atomic mass is 19.1. The number of aromatic amines is 2. The zero-order chi connectivity index (χ0) is 25.7. The molecule has 37 heavy (non-hydrogen) atoms. The fraction of sp³-hybridized carbons (Fsp3) is 0.423. The SMILES string of the molecule is CC(C)(C)OC(=O)N1C2CCC1CC(Oc1ccc(-c3cc(F)c(-c4cn[nH]c4)c4cn[nH]c34)nn1)C2.